The summed E-state index contributed by atoms with van der Waals surface area (Å²) < 4.78 is 0. The van der Waals surface area contributed by atoms with Gasteiger partial charge in [-0.3, -0.25) is 9.59 Å². The number of nitrogens with two attached hydrogens (primary N) is 1. The number of nitrogens with one attached hydrogen (secondary N) is 1. The molecule has 1 atom stereocenters. The predicted octanol–water partition coefficient (Wildman–Crippen LogP) is 1.58. The van der Waals surface area contributed by atoms with Crippen LogP contribution in [0.4, 0.5) is 0 Å². The van der Waals surface area contributed by atoms with E-state index in [0.717, 1.165) is 0 Å². The van der Waals surface area contributed by atoms with Crippen LogP contribution in [0.2, 0.25) is 5.02 Å². The number of hydrogen-bond acceptors (Lipinski definition) is 2. The number of hydrogen-bond donors (Lipinski definition) is 2. The van der Waals surface area contributed by atoms with Gasteiger partial charge in [0.1, 0.15) is 6.04 Å². The highest BCUT2D eigenvalue weighted by Gasteiger charge is 2.22. The van der Waals surface area contributed by atoms with E-state index in [4.69, 9.17) is 17.3 Å². The van der Waals surface area contributed by atoms with Gasteiger partial charge in [-0.15, -0.1) is 0 Å². The van der Waals surface area contributed by atoms with Gasteiger partial charge >= 0.3 is 0 Å². The number of carbonyl (C=O) groups excluding carboxylic acids is 2. The predicted molar refractivity (Wildman–Crippen MR) is 66.7 cm³/mol. The molecule has 4 nitrogen and oxygen atoms in total. The van der Waals surface area contributed by atoms with Crippen molar-refractivity contribution >= 4 is 23.4 Å². The number of amides is 2. The molecular formula is C12H15ClN2O2. The minimum Gasteiger partial charge on any atom is -0.368 e. The summed E-state index contributed by atoms with van der Waals surface area (Å²) in [6, 6.07) is 5.95. The van der Waals surface area contributed by atoms with Gasteiger partial charge in [-0.1, -0.05) is 37.6 Å². The van der Waals surface area contributed by atoms with Crippen molar-refractivity contribution in [3.63, 3.8) is 0 Å². The Hall–Kier alpha value is -1.55. The van der Waals surface area contributed by atoms with E-state index < -0.39 is 17.9 Å². The summed E-state index contributed by atoms with van der Waals surface area (Å²) in [5.41, 5.74) is 5.55. The second-order valence-corrected chi connectivity index (χ2v) is 4.48. The van der Waals surface area contributed by atoms with Gasteiger partial charge in [0.15, 0.2) is 0 Å². The lowest BCUT2D eigenvalue weighted by molar-refractivity contribution is -0.120. The van der Waals surface area contributed by atoms with Crippen LogP contribution in [0.5, 0.6) is 0 Å². The van der Waals surface area contributed by atoms with E-state index in [2.05, 4.69) is 5.32 Å². The number of rotatable bonds is 4. The van der Waals surface area contributed by atoms with Crippen LogP contribution in [0.3, 0.4) is 0 Å². The van der Waals surface area contributed by atoms with Crippen LogP contribution in [-0.4, -0.2) is 17.9 Å². The fraction of sp³-hybridized carbons (Fsp3) is 0.333. The largest absolute Gasteiger partial charge is 0.368 e. The van der Waals surface area contributed by atoms with Crippen LogP contribution in [0.1, 0.15) is 24.2 Å². The first-order chi connectivity index (χ1) is 7.93. The van der Waals surface area contributed by atoms with Crippen molar-refractivity contribution in [2.24, 2.45) is 11.7 Å². The van der Waals surface area contributed by atoms with E-state index in [1.807, 2.05) is 13.8 Å². The van der Waals surface area contributed by atoms with Gasteiger partial charge in [-0.05, 0) is 18.1 Å². The lowest BCUT2D eigenvalue weighted by Crippen LogP contribution is -2.47. The van der Waals surface area contributed by atoms with E-state index in [1.165, 1.54) is 0 Å². The Kier molecular flexibility index (Phi) is 4.52. The van der Waals surface area contributed by atoms with Crippen LogP contribution in [-0.2, 0) is 4.79 Å². The van der Waals surface area contributed by atoms with E-state index in [0.29, 0.717) is 10.6 Å². The molecule has 0 saturated heterocycles. The molecule has 2 amide bonds. The second kappa shape index (κ2) is 5.68. The van der Waals surface area contributed by atoms with Crippen molar-refractivity contribution in [3.05, 3.63) is 34.9 Å². The summed E-state index contributed by atoms with van der Waals surface area (Å²) >= 11 is 5.88. The maximum absolute atomic E-state index is 11.9. The third-order valence-corrected chi connectivity index (χ3v) is 2.71. The lowest BCUT2D eigenvalue weighted by Gasteiger charge is -2.19. The number of primary amides is 1. The number of carbonyl (C=O) groups is 2. The average molecular weight is 255 g/mol. The third kappa shape index (κ3) is 3.46. The van der Waals surface area contributed by atoms with Gasteiger partial charge in [-0.2, -0.15) is 0 Å². The van der Waals surface area contributed by atoms with Crippen molar-refractivity contribution in [2.45, 2.75) is 19.9 Å². The number of halogens is 1. The van der Waals surface area contributed by atoms with Gasteiger partial charge < -0.3 is 11.1 Å². The SMILES string of the molecule is CC(C)[C@H](NC(=O)c1ccccc1Cl)C(N)=O. The van der Waals surface area contributed by atoms with Crippen LogP contribution in [0.15, 0.2) is 24.3 Å². The first-order valence-corrected chi connectivity index (χ1v) is 5.66. The van der Waals surface area contributed by atoms with Gasteiger partial charge in [0.25, 0.3) is 5.91 Å². The molecule has 0 heterocycles. The fourth-order valence-corrected chi connectivity index (χ4v) is 1.65. The Labute approximate surface area is 105 Å². The summed E-state index contributed by atoms with van der Waals surface area (Å²) in [6.07, 6.45) is 0. The summed E-state index contributed by atoms with van der Waals surface area (Å²) in [5.74, 6) is -1.02. The van der Waals surface area contributed by atoms with E-state index in [-0.39, 0.29) is 5.92 Å². The maximum atomic E-state index is 11.9. The van der Waals surface area contributed by atoms with Crippen molar-refractivity contribution < 1.29 is 9.59 Å². The van der Waals surface area contributed by atoms with Gasteiger partial charge in [-0.25, -0.2) is 0 Å². The Balaban J connectivity index is 2.85. The fourth-order valence-electron chi connectivity index (χ4n) is 1.43. The summed E-state index contributed by atoms with van der Waals surface area (Å²) in [7, 11) is 0. The van der Waals surface area contributed by atoms with Crippen LogP contribution in [0.25, 0.3) is 0 Å². The highest BCUT2D eigenvalue weighted by Crippen LogP contribution is 2.15. The molecule has 0 aliphatic heterocycles. The van der Waals surface area contributed by atoms with Crippen LogP contribution < -0.4 is 11.1 Å². The molecule has 0 unspecified atom stereocenters. The van der Waals surface area contributed by atoms with Gasteiger partial charge in [0.2, 0.25) is 5.91 Å². The maximum Gasteiger partial charge on any atom is 0.253 e. The zero-order valence-electron chi connectivity index (χ0n) is 9.74. The standard InChI is InChI=1S/C12H15ClN2O2/c1-7(2)10(11(14)16)15-12(17)8-5-3-4-6-9(8)13/h3-7,10H,1-2H3,(H2,14,16)(H,15,17)/t10-/m0/s1. The Morgan fingerprint density at radius 1 is 1.29 bits per heavy atom. The molecule has 0 bridgehead atoms. The Morgan fingerprint density at radius 3 is 2.35 bits per heavy atom. The van der Waals surface area contributed by atoms with Crippen LogP contribution >= 0.6 is 11.6 Å². The third-order valence-electron chi connectivity index (χ3n) is 2.38. The van der Waals surface area contributed by atoms with Crippen LogP contribution in [0, 0.1) is 5.92 Å². The minimum absolute atomic E-state index is 0.0704. The van der Waals surface area contributed by atoms with Crippen molar-refractivity contribution in [1.82, 2.24) is 5.32 Å². The summed E-state index contributed by atoms with van der Waals surface area (Å²) in [6.45, 7) is 3.62. The molecule has 1 rings (SSSR count). The Bertz CT molecular complexity index is 432. The molecule has 17 heavy (non-hydrogen) atoms. The molecule has 0 saturated carbocycles. The first-order valence-electron chi connectivity index (χ1n) is 5.28. The number of benzene rings is 1. The quantitative estimate of drug-likeness (QED) is 0.856. The summed E-state index contributed by atoms with van der Waals surface area (Å²) in [4.78, 5) is 23.0. The molecule has 0 spiro atoms. The zero-order valence-corrected chi connectivity index (χ0v) is 10.5. The van der Waals surface area contributed by atoms with E-state index in [1.54, 1.807) is 24.3 Å². The molecule has 5 heteroatoms. The molecule has 0 aromatic heterocycles. The molecule has 1 aromatic rings. The second-order valence-electron chi connectivity index (χ2n) is 4.08. The van der Waals surface area contributed by atoms with Gasteiger partial charge in [0.05, 0.1) is 10.6 Å². The topological polar surface area (TPSA) is 72.2 Å². The Morgan fingerprint density at radius 2 is 1.88 bits per heavy atom. The summed E-state index contributed by atoms with van der Waals surface area (Å²) in [5, 5.41) is 2.92. The molecule has 0 aliphatic carbocycles. The monoisotopic (exact) mass is 254 g/mol. The molecule has 0 fully saturated rings. The molecule has 0 aliphatic rings. The smallest absolute Gasteiger partial charge is 0.253 e. The molecule has 0 radical (unpaired) electrons. The zero-order chi connectivity index (χ0) is 13.0. The molecule has 3 N–H and O–H groups in total. The highest BCUT2D eigenvalue weighted by atomic mass is 35.5. The van der Waals surface area contributed by atoms with E-state index >= 15 is 0 Å². The molecule has 1 aromatic carbocycles. The molecule has 92 valence electrons. The lowest BCUT2D eigenvalue weighted by atomic mass is 10.0. The van der Waals surface area contributed by atoms with E-state index in [9.17, 15) is 9.59 Å². The average Bonchev–Trinajstić information content (AvgIpc) is 2.25. The highest BCUT2D eigenvalue weighted by molar-refractivity contribution is 6.33. The van der Waals surface area contributed by atoms with Gasteiger partial charge in [0, 0.05) is 0 Å². The normalized spacial score (nSPS) is 12.2. The van der Waals surface area contributed by atoms with Crippen molar-refractivity contribution in [1.29, 1.82) is 0 Å². The minimum atomic E-state index is -0.696. The molecular weight excluding hydrogens is 240 g/mol. The van der Waals surface area contributed by atoms with Crippen molar-refractivity contribution in [3.8, 4) is 0 Å². The van der Waals surface area contributed by atoms with Crippen molar-refractivity contribution in [2.75, 3.05) is 0 Å². The first kappa shape index (κ1) is 13.5.